The van der Waals surface area contributed by atoms with Gasteiger partial charge in [0.15, 0.2) is 0 Å². The third kappa shape index (κ3) is 3.23. The number of carbonyl (C=O) groups excluding carboxylic acids is 1. The van der Waals surface area contributed by atoms with Gasteiger partial charge in [-0.25, -0.2) is 4.98 Å². The summed E-state index contributed by atoms with van der Waals surface area (Å²) in [5.74, 6) is -0.307. The Balaban J connectivity index is 2.03. The van der Waals surface area contributed by atoms with Gasteiger partial charge >= 0.3 is 0 Å². The average molecular weight is 280 g/mol. The van der Waals surface area contributed by atoms with Gasteiger partial charge in [0.2, 0.25) is 0 Å². The molecule has 20 heavy (non-hydrogen) atoms. The first kappa shape index (κ1) is 14.7. The number of ether oxygens (including phenoxy) is 1. The smallest absolute Gasteiger partial charge is 0.271 e. The molecule has 2 heterocycles. The van der Waals surface area contributed by atoms with Crippen LogP contribution in [-0.2, 0) is 4.74 Å². The molecule has 1 aromatic heterocycles. The van der Waals surface area contributed by atoms with Crippen LogP contribution in [0.25, 0.3) is 0 Å². The number of rotatable bonds is 4. The Morgan fingerprint density at radius 2 is 2.30 bits per heavy atom. The summed E-state index contributed by atoms with van der Waals surface area (Å²) in [4.78, 5) is 31.5. The number of likely N-dealkylation sites (tertiary alicyclic amines) is 1. The summed E-state index contributed by atoms with van der Waals surface area (Å²) in [5, 5.41) is 2.91. The fraction of sp³-hybridized carbons (Fsp3) is 0.615. The summed E-state index contributed by atoms with van der Waals surface area (Å²) in [7, 11) is 1.64. The summed E-state index contributed by atoms with van der Waals surface area (Å²) in [6, 6.07) is 0.324. The number of hydrogen-bond acceptors (Lipinski definition) is 5. The Labute approximate surface area is 117 Å². The van der Waals surface area contributed by atoms with Crippen molar-refractivity contribution in [3.05, 3.63) is 28.4 Å². The number of nitrogens with one attached hydrogen (secondary N) is 2. The van der Waals surface area contributed by atoms with Gasteiger partial charge in [-0.3, -0.25) is 14.5 Å². The summed E-state index contributed by atoms with van der Waals surface area (Å²) in [6.07, 6.45) is 2.37. The largest absolute Gasteiger partial charge is 0.378 e. The van der Waals surface area contributed by atoms with Gasteiger partial charge in [0, 0.05) is 32.4 Å². The van der Waals surface area contributed by atoms with Gasteiger partial charge in [-0.15, -0.1) is 0 Å². The third-order valence-electron chi connectivity index (χ3n) is 3.55. The SMILES string of the molecule is CO[C@@H]1CN(C(C)C)C[C@H]1NC(=O)c1c[nH]c(=O)cn1. The lowest BCUT2D eigenvalue weighted by molar-refractivity contribution is 0.0750. The van der Waals surface area contributed by atoms with E-state index in [2.05, 4.69) is 34.0 Å². The van der Waals surface area contributed by atoms with Crippen molar-refractivity contribution in [2.45, 2.75) is 32.0 Å². The molecule has 1 saturated heterocycles. The molecular formula is C13H20N4O3. The lowest BCUT2D eigenvalue weighted by Gasteiger charge is -2.19. The van der Waals surface area contributed by atoms with Crippen molar-refractivity contribution >= 4 is 5.91 Å². The number of nitrogens with zero attached hydrogens (tertiary/aromatic N) is 2. The molecule has 0 aromatic carbocycles. The van der Waals surface area contributed by atoms with Crippen LogP contribution in [0.4, 0.5) is 0 Å². The van der Waals surface area contributed by atoms with E-state index in [4.69, 9.17) is 4.74 Å². The average Bonchev–Trinajstić information content (AvgIpc) is 2.82. The summed E-state index contributed by atoms with van der Waals surface area (Å²) < 4.78 is 5.43. The van der Waals surface area contributed by atoms with Crippen LogP contribution in [0.3, 0.4) is 0 Å². The molecule has 1 amide bonds. The Bertz CT molecular complexity index is 508. The molecule has 2 rings (SSSR count). The highest BCUT2D eigenvalue weighted by Gasteiger charge is 2.35. The maximum Gasteiger partial charge on any atom is 0.271 e. The van der Waals surface area contributed by atoms with Crippen molar-refractivity contribution in [2.24, 2.45) is 0 Å². The van der Waals surface area contributed by atoms with Crippen molar-refractivity contribution < 1.29 is 9.53 Å². The van der Waals surface area contributed by atoms with Gasteiger partial charge in [0.25, 0.3) is 11.5 Å². The van der Waals surface area contributed by atoms with Gasteiger partial charge in [0.05, 0.1) is 18.3 Å². The van der Waals surface area contributed by atoms with Crippen LogP contribution < -0.4 is 10.9 Å². The normalized spacial score (nSPS) is 23.2. The Kier molecular flexibility index (Phi) is 4.51. The molecule has 0 bridgehead atoms. The van der Waals surface area contributed by atoms with Gasteiger partial charge in [-0.05, 0) is 13.8 Å². The first-order chi connectivity index (χ1) is 9.51. The number of carbonyl (C=O) groups is 1. The molecule has 7 nitrogen and oxygen atoms in total. The van der Waals surface area contributed by atoms with Crippen LogP contribution in [0, 0.1) is 0 Å². The number of hydrogen-bond donors (Lipinski definition) is 2. The number of H-pyrrole nitrogens is 1. The highest BCUT2D eigenvalue weighted by molar-refractivity contribution is 5.92. The summed E-state index contributed by atoms with van der Waals surface area (Å²) >= 11 is 0. The number of amides is 1. The van der Waals surface area contributed by atoms with Gasteiger partial charge in [-0.2, -0.15) is 0 Å². The summed E-state index contributed by atoms with van der Waals surface area (Å²) in [5.41, 5.74) is -0.134. The van der Waals surface area contributed by atoms with Crippen LogP contribution in [-0.4, -0.2) is 59.2 Å². The van der Waals surface area contributed by atoms with Gasteiger partial charge < -0.3 is 15.0 Å². The van der Waals surface area contributed by atoms with Gasteiger partial charge in [0.1, 0.15) is 5.69 Å². The van der Waals surface area contributed by atoms with Crippen LogP contribution in [0.2, 0.25) is 0 Å². The standard InChI is InChI=1S/C13H20N4O3/c1-8(2)17-6-10(11(7-17)20-3)16-13(19)9-4-15-12(18)5-14-9/h4-5,8,10-11H,6-7H2,1-3H3,(H,15,18)(H,16,19)/t10-,11-/m1/s1. The van der Waals surface area contributed by atoms with Crippen molar-refractivity contribution in [3.63, 3.8) is 0 Å². The van der Waals surface area contributed by atoms with E-state index in [1.54, 1.807) is 7.11 Å². The molecule has 2 N–H and O–H groups in total. The zero-order chi connectivity index (χ0) is 14.7. The third-order valence-corrected chi connectivity index (χ3v) is 3.55. The Morgan fingerprint density at radius 3 is 2.85 bits per heavy atom. The fourth-order valence-electron chi connectivity index (χ4n) is 2.31. The number of aromatic nitrogens is 2. The van der Waals surface area contributed by atoms with Crippen LogP contribution >= 0.6 is 0 Å². The second-order valence-electron chi connectivity index (χ2n) is 5.20. The number of methoxy groups -OCH3 is 1. The quantitative estimate of drug-likeness (QED) is 0.784. The van der Waals surface area contributed by atoms with Crippen molar-refractivity contribution in [3.8, 4) is 0 Å². The van der Waals surface area contributed by atoms with Gasteiger partial charge in [-0.1, -0.05) is 0 Å². The number of aromatic amines is 1. The Hall–Kier alpha value is -1.73. The van der Waals surface area contributed by atoms with Crippen molar-refractivity contribution in [1.29, 1.82) is 0 Å². The van der Waals surface area contributed by atoms with E-state index >= 15 is 0 Å². The maximum absolute atomic E-state index is 12.1. The van der Waals surface area contributed by atoms with Crippen LogP contribution in [0.15, 0.2) is 17.2 Å². The first-order valence-electron chi connectivity index (χ1n) is 6.63. The topological polar surface area (TPSA) is 87.3 Å². The minimum Gasteiger partial charge on any atom is -0.378 e. The van der Waals surface area contributed by atoms with Crippen molar-refractivity contribution in [2.75, 3.05) is 20.2 Å². The minimum atomic E-state index is -0.330. The monoisotopic (exact) mass is 280 g/mol. The molecule has 1 fully saturated rings. The molecule has 0 unspecified atom stereocenters. The van der Waals surface area contributed by atoms with Crippen LogP contribution in [0.1, 0.15) is 24.3 Å². The molecule has 1 aromatic rings. The zero-order valence-electron chi connectivity index (χ0n) is 11.9. The second-order valence-corrected chi connectivity index (χ2v) is 5.20. The summed E-state index contributed by atoms with van der Waals surface area (Å²) in [6.45, 7) is 5.75. The van der Waals surface area contributed by atoms with E-state index in [9.17, 15) is 9.59 Å². The maximum atomic E-state index is 12.1. The molecule has 1 aliphatic rings. The molecule has 2 atom stereocenters. The first-order valence-corrected chi connectivity index (χ1v) is 6.63. The molecule has 0 spiro atoms. The van der Waals surface area contributed by atoms with E-state index in [-0.39, 0.29) is 29.3 Å². The second kappa shape index (κ2) is 6.15. The zero-order valence-corrected chi connectivity index (χ0v) is 11.9. The molecule has 0 saturated carbocycles. The molecule has 7 heteroatoms. The molecule has 110 valence electrons. The highest BCUT2D eigenvalue weighted by Crippen LogP contribution is 2.16. The van der Waals surface area contributed by atoms with E-state index in [0.29, 0.717) is 6.04 Å². The Morgan fingerprint density at radius 1 is 1.55 bits per heavy atom. The molecule has 0 aliphatic carbocycles. The predicted octanol–water partition coefficient (Wildman–Crippen LogP) is -0.393. The van der Waals surface area contributed by atoms with E-state index in [0.717, 1.165) is 19.3 Å². The molecular weight excluding hydrogens is 260 g/mol. The van der Waals surface area contributed by atoms with E-state index in [1.807, 2.05) is 0 Å². The lowest BCUT2D eigenvalue weighted by Crippen LogP contribution is -2.44. The highest BCUT2D eigenvalue weighted by atomic mass is 16.5. The predicted molar refractivity (Wildman–Crippen MR) is 73.6 cm³/mol. The minimum absolute atomic E-state index is 0.0379. The lowest BCUT2D eigenvalue weighted by atomic mass is 10.2. The fourth-order valence-corrected chi connectivity index (χ4v) is 2.31. The van der Waals surface area contributed by atoms with E-state index < -0.39 is 0 Å². The molecule has 1 aliphatic heterocycles. The van der Waals surface area contributed by atoms with Crippen LogP contribution in [0.5, 0.6) is 0 Å². The van der Waals surface area contributed by atoms with E-state index in [1.165, 1.54) is 6.20 Å². The molecule has 0 radical (unpaired) electrons. The van der Waals surface area contributed by atoms with Crippen molar-refractivity contribution in [1.82, 2.24) is 20.2 Å².